The molecule has 0 saturated carbocycles. The maximum atomic E-state index is 10.9. The summed E-state index contributed by atoms with van der Waals surface area (Å²) in [6, 6.07) is 9.84. The molecule has 0 spiro atoms. The van der Waals surface area contributed by atoms with Crippen LogP contribution in [0.25, 0.3) is 0 Å². The number of hydrogen-bond donors (Lipinski definition) is 1. The molecule has 14 heavy (non-hydrogen) atoms. The number of nitrogens with one attached hydrogen (secondary N) is 1. The van der Waals surface area contributed by atoms with Gasteiger partial charge in [-0.25, -0.2) is 0 Å². The summed E-state index contributed by atoms with van der Waals surface area (Å²) in [5.74, 6) is 6.20. The largest absolute Gasteiger partial charge is 0.342 e. The lowest BCUT2D eigenvalue weighted by atomic mass is 10.2. The standard InChI is InChI=1S/C12H11NO/c14-12-9-8-11(13-12)7-6-10-4-2-1-3-5-10/h1-5,11H,8-9H2,(H,13,14). The normalized spacial score (nSPS) is 19.7. The molecule has 0 bridgehead atoms. The van der Waals surface area contributed by atoms with Crippen LogP contribution in [0.15, 0.2) is 30.3 Å². The van der Waals surface area contributed by atoms with E-state index in [-0.39, 0.29) is 11.9 Å². The first-order valence-corrected chi connectivity index (χ1v) is 4.70. The van der Waals surface area contributed by atoms with Gasteiger partial charge in [-0.15, -0.1) is 0 Å². The summed E-state index contributed by atoms with van der Waals surface area (Å²) in [7, 11) is 0. The van der Waals surface area contributed by atoms with Crippen molar-refractivity contribution in [2.75, 3.05) is 0 Å². The Kier molecular flexibility index (Phi) is 2.51. The fraction of sp³-hybridized carbons (Fsp3) is 0.250. The number of amides is 1. The quantitative estimate of drug-likeness (QED) is 0.607. The van der Waals surface area contributed by atoms with Crippen LogP contribution in [0, 0.1) is 11.8 Å². The van der Waals surface area contributed by atoms with E-state index in [1.165, 1.54) is 0 Å². The van der Waals surface area contributed by atoms with Crippen molar-refractivity contribution in [3.63, 3.8) is 0 Å². The number of carbonyl (C=O) groups excluding carboxylic acids is 1. The van der Waals surface area contributed by atoms with Crippen LogP contribution in [0.4, 0.5) is 0 Å². The number of benzene rings is 1. The molecule has 0 radical (unpaired) electrons. The highest BCUT2D eigenvalue weighted by Crippen LogP contribution is 2.05. The third-order valence-corrected chi connectivity index (χ3v) is 2.16. The Hall–Kier alpha value is -1.75. The average Bonchev–Trinajstić information content (AvgIpc) is 2.63. The minimum Gasteiger partial charge on any atom is -0.342 e. The molecule has 1 aromatic carbocycles. The van der Waals surface area contributed by atoms with Gasteiger partial charge in [0.25, 0.3) is 0 Å². The van der Waals surface area contributed by atoms with Crippen LogP contribution < -0.4 is 5.32 Å². The highest BCUT2D eigenvalue weighted by molar-refractivity contribution is 5.79. The van der Waals surface area contributed by atoms with E-state index in [0.29, 0.717) is 6.42 Å². The fourth-order valence-electron chi connectivity index (χ4n) is 1.41. The van der Waals surface area contributed by atoms with Crippen molar-refractivity contribution in [2.24, 2.45) is 0 Å². The van der Waals surface area contributed by atoms with Crippen molar-refractivity contribution >= 4 is 5.91 Å². The van der Waals surface area contributed by atoms with Gasteiger partial charge in [0.2, 0.25) is 5.91 Å². The molecule has 0 aliphatic carbocycles. The van der Waals surface area contributed by atoms with E-state index in [4.69, 9.17) is 0 Å². The average molecular weight is 185 g/mol. The first-order valence-electron chi connectivity index (χ1n) is 4.70. The predicted octanol–water partition coefficient (Wildman–Crippen LogP) is 1.32. The molecule has 2 heteroatoms. The van der Waals surface area contributed by atoms with Gasteiger partial charge in [0.15, 0.2) is 0 Å². The Morgan fingerprint density at radius 1 is 1.29 bits per heavy atom. The number of hydrogen-bond acceptors (Lipinski definition) is 1. The molecular formula is C12H11NO. The van der Waals surface area contributed by atoms with Gasteiger partial charge in [-0.1, -0.05) is 30.0 Å². The van der Waals surface area contributed by atoms with E-state index >= 15 is 0 Å². The van der Waals surface area contributed by atoms with Gasteiger partial charge in [0, 0.05) is 12.0 Å². The molecule has 1 aromatic rings. The third kappa shape index (κ3) is 2.14. The van der Waals surface area contributed by atoms with Gasteiger partial charge in [-0.05, 0) is 18.6 Å². The van der Waals surface area contributed by atoms with Gasteiger partial charge in [0.1, 0.15) is 0 Å². The molecule has 1 heterocycles. The van der Waals surface area contributed by atoms with E-state index in [2.05, 4.69) is 17.2 Å². The first kappa shape index (κ1) is 8.83. The summed E-state index contributed by atoms with van der Waals surface area (Å²) < 4.78 is 0. The van der Waals surface area contributed by atoms with Gasteiger partial charge in [-0.2, -0.15) is 0 Å². The molecule has 1 atom stereocenters. The molecule has 1 saturated heterocycles. The molecule has 0 aromatic heterocycles. The van der Waals surface area contributed by atoms with Crippen LogP contribution in [-0.2, 0) is 4.79 Å². The number of carbonyl (C=O) groups is 1. The zero-order valence-electron chi connectivity index (χ0n) is 7.79. The van der Waals surface area contributed by atoms with Crippen molar-refractivity contribution in [3.05, 3.63) is 35.9 Å². The molecule has 70 valence electrons. The Labute approximate surface area is 83.3 Å². The van der Waals surface area contributed by atoms with Gasteiger partial charge < -0.3 is 5.32 Å². The second kappa shape index (κ2) is 3.97. The lowest BCUT2D eigenvalue weighted by Gasteiger charge is -1.97. The van der Waals surface area contributed by atoms with E-state index in [9.17, 15) is 4.79 Å². The lowest BCUT2D eigenvalue weighted by molar-refractivity contribution is -0.119. The highest BCUT2D eigenvalue weighted by Gasteiger charge is 2.17. The molecule has 2 nitrogen and oxygen atoms in total. The molecule has 2 rings (SSSR count). The molecule has 1 N–H and O–H groups in total. The number of rotatable bonds is 0. The van der Waals surface area contributed by atoms with Crippen LogP contribution in [0.2, 0.25) is 0 Å². The Balaban J connectivity index is 2.04. The van der Waals surface area contributed by atoms with Crippen molar-refractivity contribution < 1.29 is 4.79 Å². The summed E-state index contributed by atoms with van der Waals surface area (Å²) in [5.41, 5.74) is 0.994. The minimum atomic E-state index is 0.0442. The van der Waals surface area contributed by atoms with E-state index in [0.717, 1.165) is 12.0 Å². The minimum absolute atomic E-state index is 0.0442. The SMILES string of the molecule is O=C1CCC(C#Cc2ccccc2)N1. The Morgan fingerprint density at radius 2 is 2.07 bits per heavy atom. The summed E-state index contributed by atoms with van der Waals surface area (Å²) in [6.45, 7) is 0. The summed E-state index contributed by atoms with van der Waals surface area (Å²) >= 11 is 0. The molecule has 1 fully saturated rings. The predicted molar refractivity (Wildman–Crippen MR) is 54.5 cm³/mol. The molecule has 1 amide bonds. The second-order valence-corrected chi connectivity index (χ2v) is 3.29. The zero-order chi connectivity index (χ0) is 9.80. The Bertz CT molecular complexity index is 386. The molecular weight excluding hydrogens is 174 g/mol. The van der Waals surface area contributed by atoms with Gasteiger partial charge in [0.05, 0.1) is 6.04 Å². The monoisotopic (exact) mass is 185 g/mol. The molecule has 1 aliphatic heterocycles. The second-order valence-electron chi connectivity index (χ2n) is 3.29. The zero-order valence-corrected chi connectivity index (χ0v) is 7.79. The molecule has 1 unspecified atom stereocenters. The smallest absolute Gasteiger partial charge is 0.221 e. The highest BCUT2D eigenvalue weighted by atomic mass is 16.1. The summed E-state index contributed by atoms with van der Waals surface area (Å²) in [4.78, 5) is 10.9. The van der Waals surface area contributed by atoms with Crippen LogP contribution in [0.3, 0.4) is 0 Å². The maximum Gasteiger partial charge on any atom is 0.221 e. The Morgan fingerprint density at radius 3 is 2.71 bits per heavy atom. The summed E-state index contributed by atoms with van der Waals surface area (Å²) in [6.07, 6.45) is 1.44. The van der Waals surface area contributed by atoms with Crippen LogP contribution in [0.1, 0.15) is 18.4 Å². The van der Waals surface area contributed by atoms with Gasteiger partial charge >= 0.3 is 0 Å². The maximum absolute atomic E-state index is 10.9. The molecule has 1 aliphatic rings. The van der Waals surface area contributed by atoms with Crippen LogP contribution in [-0.4, -0.2) is 11.9 Å². The van der Waals surface area contributed by atoms with Crippen molar-refractivity contribution in [1.82, 2.24) is 5.32 Å². The fourth-order valence-corrected chi connectivity index (χ4v) is 1.41. The van der Waals surface area contributed by atoms with Crippen molar-refractivity contribution in [1.29, 1.82) is 0 Å². The van der Waals surface area contributed by atoms with Crippen molar-refractivity contribution in [2.45, 2.75) is 18.9 Å². The van der Waals surface area contributed by atoms with E-state index in [1.54, 1.807) is 0 Å². The van der Waals surface area contributed by atoms with Crippen LogP contribution in [0.5, 0.6) is 0 Å². The van der Waals surface area contributed by atoms with E-state index in [1.807, 2.05) is 30.3 Å². The first-order chi connectivity index (χ1) is 6.84. The van der Waals surface area contributed by atoms with Crippen LogP contribution >= 0.6 is 0 Å². The van der Waals surface area contributed by atoms with Gasteiger partial charge in [-0.3, -0.25) is 4.79 Å². The summed E-state index contributed by atoms with van der Waals surface area (Å²) in [5, 5.41) is 2.81. The third-order valence-electron chi connectivity index (χ3n) is 2.16. The topological polar surface area (TPSA) is 29.1 Å². The van der Waals surface area contributed by atoms with E-state index < -0.39 is 0 Å². The lowest BCUT2D eigenvalue weighted by Crippen LogP contribution is -2.23. The van der Waals surface area contributed by atoms with Crippen molar-refractivity contribution in [3.8, 4) is 11.8 Å².